The summed E-state index contributed by atoms with van der Waals surface area (Å²) >= 11 is 0. The minimum Gasteiger partial charge on any atom is -0.368 e. The van der Waals surface area contributed by atoms with Gasteiger partial charge in [-0.3, -0.25) is 0 Å². The zero-order valence-electron chi connectivity index (χ0n) is 9.11. The minimum atomic E-state index is -0.304. The number of aromatic nitrogens is 3. The van der Waals surface area contributed by atoms with Crippen molar-refractivity contribution in [2.24, 2.45) is 0 Å². The molecule has 88 valence electrons. The lowest BCUT2D eigenvalue weighted by molar-refractivity contribution is 0.628. The molecule has 0 unspecified atom stereocenters. The lowest BCUT2D eigenvalue weighted by Crippen LogP contribution is -2.06. The molecule has 0 spiro atoms. The first kappa shape index (κ1) is 11.1. The first-order valence-corrected chi connectivity index (χ1v) is 4.89. The Kier molecular flexibility index (Phi) is 2.99. The molecular formula is C10H11FN6. The van der Waals surface area contributed by atoms with Crippen molar-refractivity contribution in [3.63, 3.8) is 0 Å². The van der Waals surface area contributed by atoms with Crippen LogP contribution < -0.4 is 16.4 Å². The van der Waals surface area contributed by atoms with Gasteiger partial charge in [-0.15, -0.1) is 0 Å². The maximum atomic E-state index is 12.7. The number of anilines is 4. The van der Waals surface area contributed by atoms with E-state index >= 15 is 0 Å². The van der Waals surface area contributed by atoms with Gasteiger partial charge in [0.05, 0.1) is 0 Å². The van der Waals surface area contributed by atoms with E-state index in [1.807, 2.05) is 0 Å². The summed E-state index contributed by atoms with van der Waals surface area (Å²) in [5, 5.41) is 5.66. The Bertz CT molecular complexity index is 513. The molecule has 0 bridgehead atoms. The monoisotopic (exact) mass is 234 g/mol. The molecule has 0 amide bonds. The number of nitrogens with one attached hydrogen (secondary N) is 2. The number of hydrogen-bond donors (Lipinski definition) is 3. The second kappa shape index (κ2) is 4.60. The summed E-state index contributed by atoms with van der Waals surface area (Å²) in [5.41, 5.74) is 6.18. The van der Waals surface area contributed by atoms with Gasteiger partial charge < -0.3 is 16.4 Å². The molecule has 1 aromatic carbocycles. The van der Waals surface area contributed by atoms with Gasteiger partial charge in [-0.05, 0) is 24.3 Å². The fourth-order valence-corrected chi connectivity index (χ4v) is 1.22. The van der Waals surface area contributed by atoms with Crippen LogP contribution in [0.25, 0.3) is 0 Å². The van der Waals surface area contributed by atoms with E-state index in [0.717, 1.165) is 0 Å². The van der Waals surface area contributed by atoms with Crippen molar-refractivity contribution in [1.82, 2.24) is 15.0 Å². The van der Waals surface area contributed by atoms with E-state index in [0.29, 0.717) is 17.6 Å². The molecule has 0 radical (unpaired) electrons. The Labute approximate surface area is 97.1 Å². The molecule has 1 heterocycles. The number of nitrogens with zero attached hydrogens (tertiary/aromatic N) is 3. The smallest absolute Gasteiger partial charge is 0.233 e. The summed E-state index contributed by atoms with van der Waals surface area (Å²) < 4.78 is 12.7. The van der Waals surface area contributed by atoms with E-state index in [1.165, 1.54) is 12.1 Å². The summed E-state index contributed by atoms with van der Waals surface area (Å²) in [6.07, 6.45) is 0. The van der Waals surface area contributed by atoms with Crippen LogP contribution in [0, 0.1) is 5.82 Å². The van der Waals surface area contributed by atoms with E-state index < -0.39 is 0 Å². The number of rotatable bonds is 3. The number of nitrogen functional groups attached to an aromatic ring is 1. The van der Waals surface area contributed by atoms with Gasteiger partial charge >= 0.3 is 0 Å². The Morgan fingerprint density at radius 1 is 1.06 bits per heavy atom. The highest BCUT2D eigenvalue weighted by molar-refractivity contribution is 5.54. The van der Waals surface area contributed by atoms with Crippen molar-refractivity contribution in [2.75, 3.05) is 23.4 Å². The van der Waals surface area contributed by atoms with Crippen LogP contribution in [0.2, 0.25) is 0 Å². The van der Waals surface area contributed by atoms with Crippen LogP contribution in [0.5, 0.6) is 0 Å². The molecule has 0 saturated heterocycles. The quantitative estimate of drug-likeness (QED) is 0.743. The Balaban J connectivity index is 2.23. The van der Waals surface area contributed by atoms with Crippen LogP contribution in [0.3, 0.4) is 0 Å². The van der Waals surface area contributed by atoms with E-state index in [4.69, 9.17) is 5.73 Å². The zero-order valence-corrected chi connectivity index (χ0v) is 9.11. The number of benzene rings is 1. The van der Waals surface area contributed by atoms with Crippen molar-refractivity contribution in [1.29, 1.82) is 0 Å². The topological polar surface area (TPSA) is 88.8 Å². The Morgan fingerprint density at radius 2 is 1.71 bits per heavy atom. The number of nitrogens with two attached hydrogens (primary N) is 1. The fraction of sp³-hybridized carbons (Fsp3) is 0.100. The van der Waals surface area contributed by atoms with Crippen LogP contribution in [0.15, 0.2) is 24.3 Å². The third kappa shape index (κ3) is 2.77. The van der Waals surface area contributed by atoms with Crippen LogP contribution >= 0.6 is 0 Å². The van der Waals surface area contributed by atoms with Crippen molar-refractivity contribution < 1.29 is 4.39 Å². The zero-order chi connectivity index (χ0) is 12.3. The molecule has 2 rings (SSSR count). The average Bonchev–Trinajstić information content (AvgIpc) is 2.31. The second-order valence-corrected chi connectivity index (χ2v) is 3.22. The lowest BCUT2D eigenvalue weighted by Gasteiger charge is -2.06. The van der Waals surface area contributed by atoms with Crippen molar-refractivity contribution in [3.05, 3.63) is 30.1 Å². The molecule has 0 atom stereocenters. The predicted molar refractivity (Wildman–Crippen MR) is 63.5 cm³/mol. The SMILES string of the molecule is CNc1nc(N)nc(Nc2ccc(F)cc2)n1. The van der Waals surface area contributed by atoms with Crippen molar-refractivity contribution in [3.8, 4) is 0 Å². The predicted octanol–water partition coefficient (Wildman–Crippen LogP) is 1.38. The highest BCUT2D eigenvalue weighted by Gasteiger charge is 2.03. The van der Waals surface area contributed by atoms with Gasteiger partial charge in [0.2, 0.25) is 17.8 Å². The summed E-state index contributed by atoms with van der Waals surface area (Å²) in [6.45, 7) is 0. The third-order valence-electron chi connectivity index (χ3n) is 1.98. The fourth-order valence-electron chi connectivity index (χ4n) is 1.22. The lowest BCUT2D eigenvalue weighted by atomic mass is 10.3. The molecule has 17 heavy (non-hydrogen) atoms. The summed E-state index contributed by atoms with van der Waals surface area (Å²) in [5.74, 6) is 0.464. The van der Waals surface area contributed by atoms with E-state index in [2.05, 4.69) is 25.6 Å². The van der Waals surface area contributed by atoms with E-state index in [9.17, 15) is 4.39 Å². The molecule has 7 heteroatoms. The van der Waals surface area contributed by atoms with Crippen LogP contribution in [0.1, 0.15) is 0 Å². The largest absolute Gasteiger partial charge is 0.368 e. The molecular weight excluding hydrogens is 223 g/mol. The Hall–Kier alpha value is -2.44. The first-order valence-electron chi connectivity index (χ1n) is 4.89. The standard InChI is InChI=1S/C10H11FN6/c1-13-9-15-8(12)16-10(17-9)14-7-4-2-6(11)3-5-7/h2-5H,1H3,(H4,12,13,14,15,16,17). The van der Waals surface area contributed by atoms with Gasteiger partial charge in [-0.2, -0.15) is 15.0 Å². The molecule has 0 saturated carbocycles. The van der Waals surface area contributed by atoms with Crippen LogP contribution in [-0.2, 0) is 0 Å². The van der Waals surface area contributed by atoms with Gasteiger partial charge in [-0.25, -0.2) is 4.39 Å². The Morgan fingerprint density at radius 3 is 2.35 bits per heavy atom. The van der Waals surface area contributed by atoms with Crippen LogP contribution in [0.4, 0.5) is 27.9 Å². The molecule has 2 aromatic rings. The maximum Gasteiger partial charge on any atom is 0.233 e. The molecule has 0 fully saturated rings. The molecule has 0 aliphatic carbocycles. The summed E-state index contributed by atoms with van der Waals surface area (Å²) in [7, 11) is 1.68. The minimum absolute atomic E-state index is 0.106. The second-order valence-electron chi connectivity index (χ2n) is 3.22. The van der Waals surface area contributed by atoms with Gasteiger partial charge in [0.25, 0.3) is 0 Å². The van der Waals surface area contributed by atoms with Crippen molar-refractivity contribution >= 4 is 23.5 Å². The van der Waals surface area contributed by atoms with Gasteiger partial charge in [0.1, 0.15) is 5.82 Å². The molecule has 6 nitrogen and oxygen atoms in total. The van der Waals surface area contributed by atoms with Gasteiger partial charge in [0.15, 0.2) is 0 Å². The third-order valence-corrected chi connectivity index (χ3v) is 1.98. The summed E-state index contributed by atoms with van der Waals surface area (Å²) in [6, 6.07) is 5.83. The first-order chi connectivity index (χ1) is 8.17. The van der Waals surface area contributed by atoms with Gasteiger partial charge in [-0.1, -0.05) is 0 Å². The molecule has 0 aliphatic rings. The van der Waals surface area contributed by atoms with Crippen LogP contribution in [-0.4, -0.2) is 22.0 Å². The highest BCUT2D eigenvalue weighted by Crippen LogP contribution is 2.14. The highest BCUT2D eigenvalue weighted by atomic mass is 19.1. The van der Waals surface area contributed by atoms with Crippen molar-refractivity contribution in [2.45, 2.75) is 0 Å². The number of hydrogen-bond acceptors (Lipinski definition) is 6. The molecule has 1 aromatic heterocycles. The van der Waals surface area contributed by atoms with E-state index in [-0.39, 0.29) is 11.8 Å². The summed E-state index contributed by atoms with van der Waals surface area (Å²) in [4.78, 5) is 11.8. The van der Waals surface area contributed by atoms with Gasteiger partial charge in [0, 0.05) is 12.7 Å². The van der Waals surface area contributed by atoms with E-state index in [1.54, 1.807) is 19.2 Å². The average molecular weight is 234 g/mol. The normalized spacial score (nSPS) is 10.0. The molecule has 4 N–H and O–H groups in total. The number of halogens is 1. The maximum absolute atomic E-state index is 12.7. The molecule has 0 aliphatic heterocycles.